The molecular formula is C9H11N3O. The smallest absolute Gasteiger partial charge is 0.182 e. The predicted octanol–water partition coefficient (Wildman–Crippen LogP) is -0.150. The van der Waals surface area contributed by atoms with Crippen LogP contribution in [0.25, 0.3) is 0 Å². The van der Waals surface area contributed by atoms with Gasteiger partial charge in [-0.1, -0.05) is 30.3 Å². The molecule has 13 heavy (non-hydrogen) atoms. The summed E-state index contributed by atoms with van der Waals surface area (Å²) >= 11 is 0. The lowest BCUT2D eigenvalue weighted by Crippen LogP contribution is -2.37. The average Bonchev–Trinajstić information content (AvgIpc) is 2.71. The van der Waals surface area contributed by atoms with Crippen molar-refractivity contribution >= 4 is 5.78 Å². The molecule has 0 aliphatic carbocycles. The van der Waals surface area contributed by atoms with E-state index in [1.54, 1.807) is 0 Å². The van der Waals surface area contributed by atoms with E-state index in [2.05, 4.69) is 16.4 Å². The van der Waals surface area contributed by atoms with Gasteiger partial charge in [0, 0.05) is 12.1 Å². The summed E-state index contributed by atoms with van der Waals surface area (Å²) in [5, 5.41) is 0. The summed E-state index contributed by atoms with van der Waals surface area (Å²) in [5.41, 5.74) is 9.13. The van der Waals surface area contributed by atoms with Crippen LogP contribution < -0.4 is 16.4 Å². The maximum Gasteiger partial charge on any atom is 0.182 e. The van der Waals surface area contributed by atoms with Gasteiger partial charge in [-0.15, -0.1) is 0 Å². The molecule has 1 atom stereocenters. The molecule has 2 rings (SSSR count). The monoisotopic (exact) mass is 177 g/mol. The Morgan fingerprint density at radius 3 is 2.69 bits per heavy atom. The van der Waals surface area contributed by atoms with E-state index in [0.717, 1.165) is 5.56 Å². The molecule has 1 aliphatic rings. The van der Waals surface area contributed by atoms with Crippen molar-refractivity contribution in [2.45, 2.75) is 6.04 Å². The summed E-state index contributed by atoms with van der Waals surface area (Å²) < 4.78 is 0. The highest BCUT2D eigenvalue weighted by Crippen LogP contribution is 2.03. The van der Waals surface area contributed by atoms with Crippen molar-refractivity contribution in [1.82, 2.24) is 16.4 Å². The Morgan fingerprint density at radius 2 is 2.08 bits per heavy atom. The van der Waals surface area contributed by atoms with E-state index in [9.17, 15) is 4.79 Å². The fourth-order valence-electron chi connectivity index (χ4n) is 1.30. The number of carbonyl (C=O) groups excluding carboxylic acids is 1. The number of carbonyl (C=O) groups is 1. The molecule has 1 aromatic carbocycles. The molecule has 1 aromatic rings. The SMILES string of the molecule is O=C(c1ccccc1)C1CNNN1. The fraction of sp³-hybridized carbons (Fsp3) is 0.222. The second kappa shape index (κ2) is 3.66. The normalized spacial score (nSPS) is 21.7. The number of benzene rings is 1. The molecule has 3 N–H and O–H groups in total. The van der Waals surface area contributed by atoms with Crippen molar-refractivity contribution in [3.63, 3.8) is 0 Å². The van der Waals surface area contributed by atoms with Crippen LogP contribution in [0.5, 0.6) is 0 Å². The molecule has 1 unspecified atom stereocenters. The van der Waals surface area contributed by atoms with E-state index in [0.29, 0.717) is 6.54 Å². The van der Waals surface area contributed by atoms with Crippen molar-refractivity contribution in [2.75, 3.05) is 6.54 Å². The highest BCUT2D eigenvalue weighted by molar-refractivity contribution is 6.00. The Labute approximate surface area is 76.3 Å². The lowest BCUT2D eigenvalue weighted by atomic mass is 10.1. The first kappa shape index (κ1) is 8.37. The summed E-state index contributed by atoms with van der Waals surface area (Å²) in [7, 11) is 0. The third-order valence-electron chi connectivity index (χ3n) is 2.02. The Morgan fingerprint density at radius 1 is 1.31 bits per heavy atom. The van der Waals surface area contributed by atoms with Crippen LogP contribution in [0.2, 0.25) is 0 Å². The van der Waals surface area contributed by atoms with E-state index in [-0.39, 0.29) is 11.8 Å². The first-order chi connectivity index (χ1) is 6.38. The molecule has 4 nitrogen and oxygen atoms in total. The van der Waals surface area contributed by atoms with Crippen LogP contribution in [0.4, 0.5) is 0 Å². The lowest BCUT2D eigenvalue weighted by molar-refractivity contribution is 0.0954. The van der Waals surface area contributed by atoms with Gasteiger partial charge in [-0.2, -0.15) is 5.53 Å². The molecular weight excluding hydrogens is 166 g/mol. The van der Waals surface area contributed by atoms with Crippen LogP contribution in [0.1, 0.15) is 10.4 Å². The van der Waals surface area contributed by atoms with Gasteiger partial charge in [0.15, 0.2) is 5.78 Å². The number of rotatable bonds is 2. The highest BCUT2D eigenvalue weighted by Gasteiger charge is 2.22. The summed E-state index contributed by atoms with van der Waals surface area (Å²) in [5.74, 6) is 0.109. The second-order valence-electron chi connectivity index (χ2n) is 2.93. The molecule has 4 heteroatoms. The van der Waals surface area contributed by atoms with E-state index in [1.165, 1.54) is 0 Å². The van der Waals surface area contributed by atoms with Gasteiger partial charge < -0.3 is 0 Å². The predicted molar refractivity (Wildman–Crippen MR) is 48.8 cm³/mol. The van der Waals surface area contributed by atoms with Crippen LogP contribution in [0.15, 0.2) is 30.3 Å². The Hall–Kier alpha value is -1.23. The second-order valence-corrected chi connectivity index (χ2v) is 2.93. The van der Waals surface area contributed by atoms with Crippen molar-refractivity contribution < 1.29 is 4.79 Å². The van der Waals surface area contributed by atoms with Gasteiger partial charge in [-0.25, -0.2) is 10.9 Å². The minimum atomic E-state index is -0.164. The van der Waals surface area contributed by atoms with Gasteiger partial charge in [-0.3, -0.25) is 4.79 Å². The molecule has 0 amide bonds. The minimum absolute atomic E-state index is 0.109. The van der Waals surface area contributed by atoms with Gasteiger partial charge in [0.1, 0.15) is 0 Å². The summed E-state index contributed by atoms with van der Waals surface area (Å²) in [6, 6.07) is 9.11. The number of hydrogen-bond acceptors (Lipinski definition) is 4. The van der Waals surface area contributed by atoms with Crippen LogP contribution in [0.3, 0.4) is 0 Å². The van der Waals surface area contributed by atoms with Crippen molar-refractivity contribution in [2.24, 2.45) is 0 Å². The first-order valence-electron chi connectivity index (χ1n) is 4.20. The van der Waals surface area contributed by atoms with Crippen molar-refractivity contribution in [3.8, 4) is 0 Å². The Kier molecular flexibility index (Phi) is 2.35. The van der Waals surface area contributed by atoms with E-state index in [1.807, 2.05) is 30.3 Å². The number of nitrogens with one attached hydrogen (secondary N) is 3. The van der Waals surface area contributed by atoms with Gasteiger partial charge in [0.2, 0.25) is 0 Å². The summed E-state index contributed by atoms with van der Waals surface area (Å²) in [6.45, 7) is 0.619. The molecule has 1 aliphatic heterocycles. The van der Waals surface area contributed by atoms with Crippen LogP contribution in [-0.2, 0) is 0 Å². The quantitative estimate of drug-likeness (QED) is 0.550. The molecule has 1 fully saturated rings. The zero-order valence-electron chi connectivity index (χ0n) is 7.08. The average molecular weight is 177 g/mol. The first-order valence-corrected chi connectivity index (χ1v) is 4.20. The zero-order chi connectivity index (χ0) is 9.10. The number of hydrazine groups is 2. The molecule has 68 valence electrons. The topological polar surface area (TPSA) is 53.2 Å². The molecule has 0 aromatic heterocycles. The molecule has 0 bridgehead atoms. The van der Waals surface area contributed by atoms with Crippen LogP contribution in [-0.4, -0.2) is 18.4 Å². The van der Waals surface area contributed by atoms with Gasteiger partial charge >= 0.3 is 0 Å². The van der Waals surface area contributed by atoms with Crippen molar-refractivity contribution in [1.29, 1.82) is 0 Å². The van der Waals surface area contributed by atoms with Crippen molar-refractivity contribution in [3.05, 3.63) is 35.9 Å². The summed E-state index contributed by atoms with van der Waals surface area (Å²) in [4.78, 5) is 11.7. The maximum atomic E-state index is 11.7. The van der Waals surface area contributed by atoms with E-state index in [4.69, 9.17) is 0 Å². The lowest BCUT2D eigenvalue weighted by Gasteiger charge is -2.06. The van der Waals surface area contributed by atoms with Gasteiger partial charge in [0.25, 0.3) is 0 Å². The summed E-state index contributed by atoms with van der Waals surface area (Å²) in [6.07, 6.45) is 0. The molecule has 0 radical (unpaired) electrons. The Balaban J connectivity index is 2.13. The fourth-order valence-corrected chi connectivity index (χ4v) is 1.30. The number of ketones is 1. The molecule has 1 saturated heterocycles. The largest absolute Gasteiger partial charge is 0.292 e. The standard InChI is InChI=1S/C9H11N3O/c13-9(8-6-10-12-11-8)7-4-2-1-3-5-7/h1-5,8,10-12H,6H2. The third kappa shape index (κ3) is 1.75. The van der Waals surface area contributed by atoms with Crippen LogP contribution >= 0.6 is 0 Å². The maximum absolute atomic E-state index is 11.7. The Bertz CT molecular complexity index is 293. The van der Waals surface area contributed by atoms with E-state index < -0.39 is 0 Å². The molecule has 1 heterocycles. The third-order valence-corrected chi connectivity index (χ3v) is 2.02. The zero-order valence-corrected chi connectivity index (χ0v) is 7.08. The minimum Gasteiger partial charge on any atom is -0.292 e. The molecule has 0 saturated carbocycles. The van der Waals surface area contributed by atoms with Crippen LogP contribution in [0, 0.1) is 0 Å². The highest BCUT2D eigenvalue weighted by atomic mass is 16.1. The van der Waals surface area contributed by atoms with Gasteiger partial charge in [-0.05, 0) is 0 Å². The van der Waals surface area contributed by atoms with Gasteiger partial charge in [0.05, 0.1) is 6.04 Å². The number of Topliss-reactive ketones (excluding diaryl/α,β-unsaturated/α-hetero) is 1. The molecule has 0 spiro atoms. The number of hydrogen-bond donors (Lipinski definition) is 3. The van der Waals surface area contributed by atoms with E-state index >= 15 is 0 Å².